The molecule has 0 saturated carbocycles. The van der Waals surface area contributed by atoms with Gasteiger partial charge in [-0.1, -0.05) is 146 Å². The van der Waals surface area contributed by atoms with E-state index in [1.54, 1.807) is 0 Å². The van der Waals surface area contributed by atoms with E-state index in [4.69, 9.17) is 4.42 Å². The molecule has 5 aliphatic rings. The highest BCUT2D eigenvalue weighted by molar-refractivity contribution is 6.06. The lowest BCUT2D eigenvalue weighted by Crippen LogP contribution is -2.35. The van der Waals surface area contributed by atoms with Gasteiger partial charge in [-0.15, -0.1) is 0 Å². The van der Waals surface area contributed by atoms with E-state index in [0.29, 0.717) is 11.8 Å². The van der Waals surface area contributed by atoms with Crippen LogP contribution in [0.5, 0.6) is 0 Å². The maximum absolute atomic E-state index is 6.86. The first-order valence-corrected chi connectivity index (χ1v) is 21.0. The standard InChI is InChI=1S/C54H51NO/c1-3-49-37(2)46-19-10-12-22-50(46)54(49,51-23-14-21-48-47-20-11-13-24-52(47)56-53(48)51)42-29-35-45(36-30-42)55(43-31-25-40(26-32-43)38-15-6-4-7-16-38)44-33-27-41(28-34-44)39-17-8-5-9-18-39/h4,6-7,10-15,17,20-35,38,45-46H,3,5,8-9,16,18-19,36H2,1-2H3. The molecule has 1 aromatic heterocycles. The lowest BCUT2D eigenvalue weighted by molar-refractivity contribution is 0.606. The zero-order valence-corrected chi connectivity index (χ0v) is 32.8. The number of furan rings is 1. The minimum Gasteiger partial charge on any atom is -0.456 e. The molecule has 0 bridgehead atoms. The largest absolute Gasteiger partial charge is 0.456 e. The molecule has 1 heterocycles. The summed E-state index contributed by atoms with van der Waals surface area (Å²) < 4.78 is 6.86. The molecule has 56 heavy (non-hydrogen) atoms. The Balaban J connectivity index is 1.08. The van der Waals surface area contributed by atoms with Crippen molar-refractivity contribution in [1.82, 2.24) is 0 Å². The van der Waals surface area contributed by atoms with E-state index >= 15 is 0 Å². The number of rotatable bonds is 8. The van der Waals surface area contributed by atoms with Gasteiger partial charge in [-0.25, -0.2) is 0 Å². The van der Waals surface area contributed by atoms with Gasteiger partial charge in [-0.2, -0.15) is 0 Å². The summed E-state index contributed by atoms with van der Waals surface area (Å²) in [4.78, 5) is 2.57. The van der Waals surface area contributed by atoms with E-state index < -0.39 is 5.41 Å². The fourth-order valence-corrected chi connectivity index (χ4v) is 10.8. The Hall–Kier alpha value is -5.60. The fourth-order valence-electron chi connectivity index (χ4n) is 10.8. The van der Waals surface area contributed by atoms with Crippen molar-refractivity contribution in [3.05, 3.63) is 197 Å². The van der Waals surface area contributed by atoms with Gasteiger partial charge in [0.05, 0.1) is 11.5 Å². The third-order valence-electron chi connectivity index (χ3n) is 13.4. The summed E-state index contributed by atoms with van der Waals surface area (Å²) in [5.74, 6) is 0.824. The van der Waals surface area contributed by atoms with Crippen molar-refractivity contribution in [2.24, 2.45) is 5.92 Å². The van der Waals surface area contributed by atoms with Crippen LogP contribution < -0.4 is 4.90 Å². The average Bonchev–Trinajstić information content (AvgIpc) is 3.78. The number of para-hydroxylation sites is 2. The van der Waals surface area contributed by atoms with E-state index in [1.807, 2.05) is 0 Å². The van der Waals surface area contributed by atoms with E-state index in [2.05, 4.69) is 177 Å². The number of benzene rings is 4. The predicted octanol–water partition coefficient (Wildman–Crippen LogP) is 14.7. The molecule has 0 N–H and O–H groups in total. The van der Waals surface area contributed by atoms with Gasteiger partial charge in [-0.05, 0) is 116 Å². The number of fused-ring (bicyclic) bond motifs is 4. The van der Waals surface area contributed by atoms with Crippen molar-refractivity contribution < 1.29 is 4.42 Å². The van der Waals surface area contributed by atoms with Crippen LogP contribution in [0.1, 0.15) is 87.8 Å². The van der Waals surface area contributed by atoms with E-state index in [1.165, 1.54) is 92.4 Å². The number of hydrogen-bond acceptors (Lipinski definition) is 2. The smallest absolute Gasteiger partial charge is 0.140 e. The molecular weight excluding hydrogens is 679 g/mol. The molecule has 0 saturated heterocycles. The third kappa shape index (κ3) is 5.68. The van der Waals surface area contributed by atoms with Crippen LogP contribution in [0.15, 0.2) is 185 Å². The zero-order valence-electron chi connectivity index (χ0n) is 32.8. The van der Waals surface area contributed by atoms with Gasteiger partial charge in [0.2, 0.25) is 0 Å². The molecule has 278 valence electrons. The second-order valence-corrected chi connectivity index (χ2v) is 16.3. The number of nitrogens with zero attached hydrogens (tertiary/aromatic N) is 1. The molecule has 5 aromatic rings. The first kappa shape index (κ1) is 34.9. The summed E-state index contributed by atoms with van der Waals surface area (Å²) in [7, 11) is 0. The topological polar surface area (TPSA) is 16.4 Å². The first-order valence-electron chi connectivity index (χ1n) is 21.0. The van der Waals surface area contributed by atoms with Gasteiger partial charge >= 0.3 is 0 Å². The molecule has 4 aromatic carbocycles. The number of hydrogen-bond donors (Lipinski definition) is 0. The minimum absolute atomic E-state index is 0.161. The van der Waals surface area contributed by atoms with Gasteiger partial charge < -0.3 is 9.32 Å². The van der Waals surface area contributed by atoms with Crippen LogP contribution in [-0.4, -0.2) is 6.04 Å². The molecule has 0 amide bonds. The molecule has 0 aliphatic heterocycles. The monoisotopic (exact) mass is 729 g/mol. The Bertz CT molecular complexity index is 2560. The van der Waals surface area contributed by atoms with Gasteiger partial charge in [0.25, 0.3) is 0 Å². The Kier molecular flexibility index (Phi) is 9.01. The minimum atomic E-state index is -0.396. The van der Waals surface area contributed by atoms with Crippen molar-refractivity contribution in [1.29, 1.82) is 0 Å². The van der Waals surface area contributed by atoms with Gasteiger partial charge in [0.15, 0.2) is 0 Å². The molecule has 5 aliphatic carbocycles. The SMILES string of the molecule is CCC1=C(C)C2CC=CC=C2C1(C1=CCC(N(c2ccc(C3=CCCCC3)cc2)c2ccc(C3C=CC=CC3)cc2)C=C1)c1cccc2c1oc1ccccc12. The van der Waals surface area contributed by atoms with Crippen LogP contribution in [0.3, 0.4) is 0 Å². The highest BCUT2D eigenvalue weighted by atomic mass is 16.3. The summed E-state index contributed by atoms with van der Waals surface area (Å²) in [6.07, 6.45) is 35.0. The van der Waals surface area contributed by atoms with Gasteiger partial charge in [-0.3, -0.25) is 0 Å². The van der Waals surface area contributed by atoms with Gasteiger partial charge in [0, 0.05) is 39.5 Å². The van der Waals surface area contributed by atoms with Crippen molar-refractivity contribution >= 4 is 38.9 Å². The predicted molar refractivity (Wildman–Crippen MR) is 236 cm³/mol. The van der Waals surface area contributed by atoms with Crippen LogP contribution in [-0.2, 0) is 5.41 Å². The second-order valence-electron chi connectivity index (χ2n) is 16.3. The Morgan fingerprint density at radius 2 is 1.55 bits per heavy atom. The van der Waals surface area contributed by atoms with Crippen molar-refractivity contribution in [3.8, 4) is 0 Å². The first-order chi connectivity index (χ1) is 27.6. The van der Waals surface area contributed by atoms with E-state index in [9.17, 15) is 0 Å². The highest BCUT2D eigenvalue weighted by Gasteiger charge is 2.52. The summed E-state index contributed by atoms with van der Waals surface area (Å²) in [6, 6.07) is 34.3. The molecule has 0 fully saturated rings. The average molecular weight is 730 g/mol. The van der Waals surface area contributed by atoms with E-state index in [-0.39, 0.29) is 6.04 Å². The molecule has 4 atom stereocenters. The molecule has 0 radical (unpaired) electrons. The van der Waals surface area contributed by atoms with Crippen molar-refractivity contribution in [3.63, 3.8) is 0 Å². The molecule has 0 spiro atoms. The molecular formula is C54H51NO. The molecule has 10 rings (SSSR count). The second kappa shape index (κ2) is 14.5. The Morgan fingerprint density at radius 1 is 0.750 bits per heavy atom. The van der Waals surface area contributed by atoms with Gasteiger partial charge in [0.1, 0.15) is 11.2 Å². The van der Waals surface area contributed by atoms with Crippen molar-refractivity contribution in [2.75, 3.05) is 4.90 Å². The maximum Gasteiger partial charge on any atom is 0.140 e. The molecule has 4 unspecified atom stereocenters. The summed E-state index contributed by atoms with van der Waals surface area (Å²) in [5.41, 5.74) is 15.4. The third-order valence-corrected chi connectivity index (χ3v) is 13.4. The van der Waals surface area contributed by atoms with Crippen LogP contribution in [0.4, 0.5) is 11.4 Å². The normalized spacial score (nSPS) is 24.4. The molecule has 2 heteroatoms. The Morgan fingerprint density at radius 3 is 2.30 bits per heavy atom. The Labute approximate surface area is 332 Å². The summed E-state index contributed by atoms with van der Waals surface area (Å²) >= 11 is 0. The maximum atomic E-state index is 6.86. The zero-order chi connectivity index (χ0) is 37.6. The van der Waals surface area contributed by atoms with Crippen LogP contribution in [0.2, 0.25) is 0 Å². The summed E-state index contributed by atoms with van der Waals surface area (Å²) in [5, 5.41) is 2.38. The lowest BCUT2D eigenvalue weighted by Gasteiger charge is -2.41. The highest BCUT2D eigenvalue weighted by Crippen LogP contribution is 2.61. The summed E-state index contributed by atoms with van der Waals surface area (Å²) in [6.45, 7) is 4.75. The van der Waals surface area contributed by atoms with E-state index in [0.717, 1.165) is 36.8 Å². The van der Waals surface area contributed by atoms with Crippen LogP contribution >= 0.6 is 0 Å². The molecule has 2 nitrogen and oxygen atoms in total. The van der Waals surface area contributed by atoms with Crippen molar-refractivity contribution in [2.45, 2.75) is 82.6 Å². The number of anilines is 2. The van der Waals surface area contributed by atoms with Crippen LogP contribution in [0, 0.1) is 5.92 Å². The fraction of sp³-hybridized carbons (Fsp3) is 0.259. The number of allylic oxidation sites excluding steroid dienone is 14. The quantitative estimate of drug-likeness (QED) is 0.148. The lowest BCUT2D eigenvalue weighted by atomic mass is 9.63. The van der Waals surface area contributed by atoms with Crippen LogP contribution in [0.25, 0.3) is 27.5 Å².